The van der Waals surface area contributed by atoms with Gasteiger partial charge < -0.3 is 15.4 Å². The molecule has 1 aromatic rings. The van der Waals surface area contributed by atoms with Crippen LogP contribution in [-0.4, -0.2) is 32.2 Å². The maximum absolute atomic E-state index is 11.7. The van der Waals surface area contributed by atoms with Crippen molar-refractivity contribution in [3.05, 3.63) is 29.3 Å². The van der Waals surface area contributed by atoms with Gasteiger partial charge in [-0.3, -0.25) is 4.79 Å². The fraction of sp³-hybridized carbons (Fsp3) is 0.500. The molecule has 1 atom stereocenters. The van der Waals surface area contributed by atoms with E-state index in [1.807, 2.05) is 20.0 Å². The van der Waals surface area contributed by atoms with Gasteiger partial charge in [0.2, 0.25) is 5.91 Å². The van der Waals surface area contributed by atoms with Crippen LogP contribution in [0.5, 0.6) is 0 Å². The second-order valence-electron chi connectivity index (χ2n) is 5.41. The number of rotatable bonds is 2. The van der Waals surface area contributed by atoms with Crippen LogP contribution in [0.25, 0.3) is 0 Å². The highest BCUT2D eigenvalue weighted by molar-refractivity contribution is 6.00. The first-order chi connectivity index (χ1) is 8.54. The molecule has 96 valence electrons. The average Bonchev–Trinajstić information content (AvgIpc) is 2.52. The van der Waals surface area contributed by atoms with E-state index in [0.29, 0.717) is 19.6 Å². The minimum Gasteiger partial charge on any atom is -0.379 e. The van der Waals surface area contributed by atoms with Crippen LogP contribution in [0.3, 0.4) is 0 Å². The minimum atomic E-state index is -0.0702. The van der Waals surface area contributed by atoms with Crippen molar-refractivity contribution >= 4 is 11.6 Å². The zero-order chi connectivity index (χ0) is 12.9. The monoisotopic (exact) mass is 246 g/mol. The number of benzene rings is 1. The normalized spacial score (nSPS) is 22.6. The highest BCUT2D eigenvalue weighted by Gasteiger charge is 2.44. The summed E-state index contributed by atoms with van der Waals surface area (Å²) >= 11 is 0. The van der Waals surface area contributed by atoms with Gasteiger partial charge in [0.25, 0.3) is 0 Å². The van der Waals surface area contributed by atoms with Crippen molar-refractivity contribution in [3.8, 4) is 0 Å². The minimum absolute atomic E-state index is 0.0548. The predicted octanol–water partition coefficient (Wildman–Crippen LogP) is 0.821. The summed E-state index contributed by atoms with van der Waals surface area (Å²) in [6.45, 7) is 3.37. The third-order valence-corrected chi connectivity index (χ3v) is 4.32. The Bertz CT molecular complexity index is 507. The molecule has 4 nitrogen and oxygen atoms in total. The Balaban J connectivity index is 2.02. The summed E-state index contributed by atoms with van der Waals surface area (Å²) in [5.41, 5.74) is 9.36. The molecule has 2 aliphatic rings. The lowest BCUT2D eigenvalue weighted by Gasteiger charge is -2.45. The fourth-order valence-electron chi connectivity index (χ4n) is 2.79. The number of carbonyl (C=O) groups is 1. The fourth-order valence-corrected chi connectivity index (χ4v) is 2.79. The van der Waals surface area contributed by atoms with Gasteiger partial charge in [-0.25, -0.2) is 0 Å². The molecule has 4 heteroatoms. The van der Waals surface area contributed by atoms with E-state index in [1.54, 1.807) is 4.90 Å². The molecule has 1 unspecified atom stereocenters. The number of carbonyl (C=O) groups excluding carboxylic acids is 1. The van der Waals surface area contributed by atoms with Crippen LogP contribution in [-0.2, 0) is 21.4 Å². The van der Waals surface area contributed by atoms with Crippen LogP contribution >= 0.6 is 0 Å². The zero-order valence-corrected chi connectivity index (χ0v) is 10.8. The lowest BCUT2D eigenvalue weighted by molar-refractivity contribution is -0.117. The molecule has 2 heterocycles. The number of nitrogens with zero attached hydrogens (tertiary/aromatic N) is 1. The maximum atomic E-state index is 11.7. The highest BCUT2D eigenvalue weighted by Crippen LogP contribution is 2.38. The first-order valence-electron chi connectivity index (χ1n) is 6.28. The summed E-state index contributed by atoms with van der Waals surface area (Å²) in [5.74, 6) is 0.154. The summed E-state index contributed by atoms with van der Waals surface area (Å²) < 4.78 is 5.36. The second kappa shape index (κ2) is 3.80. The van der Waals surface area contributed by atoms with Gasteiger partial charge in [0.1, 0.15) is 0 Å². The van der Waals surface area contributed by atoms with Crippen LogP contribution in [0.2, 0.25) is 0 Å². The van der Waals surface area contributed by atoms with Crippen LogP contribution in [0, 0.1) is 0 Å². The summed E-state index contributed by atoms with van der Waals surface area (Å²) in [6.07, 6.45) is 0.496. The molecule has 0 radical (unpaired) electrons. The summed E-state index contributed by atoms with van der Waals surface area (Å²) in [4.78, 5) is 13.4. The molecule has 3 rings (SSSR count). The Hall–Kier alpha value is -1.39. The van der Waals surface area contributed by atoms with E-state index in [0.717, 1.165) is 11.3 Å². The Labute approximate surface area is 107 Å². The van der Waals surface area contributed by atoms with Crippen molar-refractivity contribution < 1.29 is 9.53 Å². The van der Waals surface area contributed by atoms with Crippen LogP contribution in [0.4, 0.5) is 5.69 Å². The topological polar surface area (TPSA) is 55.6 Å². The number of likely N-dealkylation sites (N-methyl/N-ethyl adjacent to an activating group) is 1. The molecule has 0 bridgehead atoms. The number of hydrogen-bond donors (Lipinski definition) is 1. The van der Waals surface area contributed by atoms with E-state index in [2.05, 4.69) is 12.1 Å². The first-order valence-corrected chi connectivity index (χ1v) is 6.28. The first kappa shape index (κ1) is 11.7. The van der Waals surface area contributed by atoms with E-state index in [1.165, 1.54) is 5.56 Å². The van der Waals surface area contributed by atoms with Crippen molar-refractivity contribution in [2.45, 2.75) is 24.8 Å². The smallest absolute Gasteiger partial charge is 0.231 e. The Morgan fingerprint density at radius 1 is 1.44 bits per heavy atom. The third kappa shape index (κ3) is 1.42. The molecule has 0 aromatic heterocycles. The molecule has 1 aromatic carbocycles. The maximum Gasteiger partial charge on any atom is 0.231 e. The number of anilines is 1. The van der Waals surface area contributed by atoms with Crippen molar-refractivity contribution in [1.82, 2.24) is 0 Å². The van der Waals surface area contributed by atoms with Gasteiger partial charge in [0.15, 0.2) is 0 Å². The third-order valence-electron chi connectivity index (χ3n) is 4.32. The van der Waals surface area contributed by atoms with Gasteiger partial charge in [-0.2, -0.15) is 0 Å². The second-order valence-corrected chi connectivity index (χ2v) is 5.41. The molecule has 18 heavy (non-hydrogen) atoms. The standard InChI is InChI=1S/C14H18N2O2/c1-9(15)14(7-18-8-14)11-3-4-12-10(5-11)6-13(17)16(12)2/h3-5,9H,6-8,15H2,1-2H3. The molecule has 1 amide bonds. The molecule has 0 saturated carbocycles. The Morgan fingerprint density at radius 2 is 2.17 bits per heavy atom. The molecule has 0 aliphatic carbocycles. The largest absolute Gasteiger partial charge is 0.379 e. The molecule has 2 aliphatic heterocycles. The summed E-state index contributed by atoms with van der Waals surface area (Å²) in [7, 11) is 1.82. The van der Waals surface area contributed by atoms with Gasteiger partial charge in [-0.05, 0) is 24.1 Å². The molecule has 0 spiro atoms. The molecular formula is C14H18N2O2. The van der Waals surface area contributed by atoms with Gasteiger partial charge >= 0.3 is 0 Å². The molecule has 1 fully saturated rings. The van der Waals surface area contributed by atoms with Crippen molar-refractivity contribution in [1.29, 1.82) is 0 Å². The van der Waals surface area contributed by atoms with E-state index in [4.69, 9.17) is 10.5 Å². The lowest BCUT2D eigenvalue weighted by Crippen LogP contribution is -2.57. The summed E-state index contributed by atoms with van der Waals surface area (Å²) in [6, 6.07) is 6.29. The average molecular weight is 246 g/mol. The number of nitrogens with two attached hydrogens (primary N) is 1. The number of ether oxygens (including phenoxy) is 1. The predicted molar refractivity (Wildman–Crippen MR) is 69.7 cm³/mol. The number of fused-ring (bicyclic) bond motifs is 1. The number of hydrogen-bond acceptors (Lipinski definition) is 3. The quantitative estimate of drug-likeness (QED) is 0.840. The van der Waals surface area contributed by atoms with Crippen LogP contribution in [0.15, 0.2) is 18.2 Å². The van der Waals surface area contributed by atoms with Crippen molar-refractivity contribution in [3.63, 3.8) is 0 Å². The van der Waals surface area contributed by atoms with E-state index < -0.39 is 0 Å². The SMILES string of the molecule is CC(N)C1(c2ccc3c(c2)CC(=O)N3C)COC1. The van der Waals surface area contributed by atoms with Crippen LogP contribution < -0.4 is 10.6 Å². The van der Waals surface area contributed by atoms with Crippen molar-refractivity contribution in [2.75, 3.05) is 25.2 Å². The van der Waals surface area contributed by atoms with Gasteiger partial charge in [0.05, 0.1) is 25.0 Å². The highest BCUT2D eigenvalue weighted by atomic mass is 16.5. The molecular weight excluding hydrogens is 228 g/mol. The van der Waals surface area contributed by atoms with E-state index in [9.17, 15) is 4.79 Å². The Kier molecular flexibility index (Phi) is 2.47. The van der Waals surface area contributed by atoms with Crippen LogP contribution in [0.1, 0.15) is 18.1 Å². The summed E-state index contributed by atoms with van der Waals surface area (Å²) in [5, 5.41) is 0. The van der Waals surface area contributed by atoms with E-state index in [-0.39, 0.29) is 17.4 Å². The molecule has 2 N–H and O–H groups in total. The number of amides is 1. The van der Waals surface area contributed by atoms with Gasteiger partial charge in [-0.15, -0.1) is 0 Å². The van der Waals surface area contributed by atoms with Gasteiger partial charge in [-0.1, -0.05) is 12.1 Å². The van der Waals surface area contributed by atoms with Gasteiger partial charge in [0, 0.05) is 18.8 Å². The Morgan fingerprint density at radius 3 is 2.72 bits per heavy atom. The zero-order valence-electron chi connectivity index (χ0n) is 10.8. The van der Waals surface area contributed by atoms with E-state index >= 15 is 0 Å². The molecule has 1 saturated heterocycles. The lowest BCUT2D eigenvalue weighted by atomic mass is 9.73. The van der Waals surface area contributed by atoms with Crippen molar-refractivity contribution in [2.24, 2.45) is 5.73 Å².